The Labute approximate surface area is 281 Å². The lowest BCUT2D eigenvalue weighted by molar-refractivity contribution is -0.0225. The van der Waals surface area contributed by atoms with Crippen molar-refractivity contribution in [1.82, 2.24) is 4.98 Å². The van der Waals surface area contributed by atoms with Crippen molar-refractivity contribution in [2.45, 2.75) is 77.6 Å². The van der Waals surface area contributed by atoms with Crippen LogP contribution >= 0.6 is 11.6 Å². The molecule has 252 valence electrons. The highest BCUT2D eigenvalue weighted by Gasteiger charge is 2.52. The van der Waals surface area contributed by atoms with E-state index in [1.807, 2.05) is 27.7 Å². The van der Waals surface area contributed by atoms with Crippen LogP contribution < -0.4 is 21.1 Å². The molecule has 0 spiro atoms. The molecule has 0 saturated carbocycles. The van der Waals surface area contributed by atoms with Crippen molar-refractivity contribution in [3.63, 3.8) is 0 Å². The first-order chi connectivity index (χ1) is 22.5. The number of carbonyl (C=O) groups is 1. The van der Waals surface area contributed by atoms with Crippen molar-refractivity contribution in [3.05, 3.63) is 80.3 Å². The number of piperidine rings is 1. The summed E-state index contributed by atoms with van der Waals surface area (Å²) in [5, 5.41) is 3.60. The number of aromatic nitrogens is 1. The highest BCUT2D eigenvalue weighted by Crippen LogP contribution is 2.39. The Hall–Kier alpha value is -3.87. The molecule has 2 saturated heterocycles. The van der Waals surface area contributed by atoms with Gasteiger partial charge in [0.05, 0.1) is 39.6 Å². The number of hydrogen-bond acceptors (Lipinski definition) is 8. The fourth-order valence-corrected chi connectivity index (χ4v) is 6.27. The Kier molecular flexibility index (Phi) is 8.67. The first kappa shape index (κ1) is 34.0. The molecule has 1 atom stereocenters. The third-order valence-electron chi connectivity index (χ3n) is 9.66. The average Bonchev–Trinajstić information content (AvgIpc) is 3.25. The van der Waals surface area contributed by atoms with Crippen LogP contribution in [-0.4, -0.2) is 48.6 Å². The Morgan fingerprint density at radius 2 is 1.71 bits per heavy atom. The fourth-order valence-electron chi connectivity index (χ4n) is 6.12. The summed E-state index contributed by atoms with van der Waals surface area (Å²) in [5.41, 5.74) is 1.52. The maximum atomic E-state index is 15.0. The number of carbonyl (C=O) groups excluding carboxylic acids is 1. The van der Waals surface area contributed by atoms with Crippen LogP contribution in [0.2, 0.25) is 5.15 Å². The maximum absolute atomic E-state index is 15.0. The van der Waals surface area contributed by atoms with Crippen molar-refractivity contribution in [2.24, 2.45) is 0 Å². The van der Waals surface area contributed by atoms with E-state index in [0.717, 1.165) is 12.4 Å². The van der Waals surface area contributed by atoms with Gasteiger partial charge in [-0.05, 0) is 77.3 Å². The zero-order valence-electron chi connectivity index (χ0n) is 27.5. The number of hydrogen-bond donors (Lipinski definition) is 1. The SMILES string of the molecule is Cc1c(N2CCC(F)(F)CC2)oc2c(C(C)Nc3ccc(Cl)nc3-c3ccc(B4OC(C)(C)C(C)(C)O4)c(C=O)c3)cc(F)cc2c1=O. The third-order valence-corrected chi connectivity index (χ3v) is 9.87. The number of alkyl halides is 2. The first-order valence-electron chi connectivity index (χ1n) is 15.8. The van der Waals surface area contributed by atoms with Crippen LogP contribution in [0.1, 0.15) is 75.0 Å². The molecule has 2 fully saturated rings. The first-order valence-corrected chi connectivity index (χ1v) is 16.2. The van der Waals surface area contributed by atoms with Crippen LogP contribution in [0.25, 0.3) is 22.2 Å². The Morgan fingerprint density at radius 3 is 2.35 bits per heavy atom. The minimum atomic E-state index is -2.78. The zero-order chi connectivity index (χ0) is 34.8. The number of nitrogens with zero attached hydrogens (tertiary/aromatic N) is 2. The van der Waals surface area contributed by atoms with Crippen molar-refractivity contribution >= 4 is 53.0 Å². The lowest BCUT2D eigenvalue weighted by Crippen LogP contribution is -2.41. The molecule has 1 N–H and O–H groups in total. The van der Waals surface area contributed by atoms with Crippen LogP contribution in [0.5, 0.6) is 0 Å². The number of fused-ring (bicyclic) bond motifs is 1. The number of halogens is 4. The molecule has 4 aromatic rings. The molecule has 2 aliphatic rings. The van der Waals surface area contributed by atoms with Gasteiger partial charge in [0.25, 0.3) is 5.92 Å². The molecule has 2 aromatic carbocycles. The molecule has 2 aromatic heterocycles. The van der Waals surface area contributed by atoms with Crippen molar-refractivity contribution < 1.29 is 31.7 Å². The van der Waals surface area contributed by atoms with E-state index in [4.69, 9.17) is 25.3 Å². The minimum absolute atomic E-state index is 0.0164. The van der Waals surface area contributed by atoms with Crippen LogP contribution in [0, 0.1) is 12.7 Å². The highest BCUT2D eigenvalue weighted by molar-refractivity contribution is 6.63. The van der Waals surface area contributed by atoms with Gasteiger partial charge in [-0.2, -0.15) is 0 Å². The van der Waals surface area contributed by atoms with E-state index in [0.29, 0.717) is 33.5 Å². The van der Waals surface area contributed by atoms with Crippen LogP contribution in [0.3, 0.4) is 0 Å². The standard InChI is InChI=1S/C35H36BClF3N3O5/c1-19-30(45)25-17-23(38)16-24(31(25)46-32(19)43-13-11-35(39,40)12-14-43)20(2)41-27-9-10-28(37)42-29(27)21-7-8-26(22(15-21)18-44)36-47-33(3,4)34(5,6)48-36/h7-10,15-18,20,41H,11-14H2,1-6H3. The summed E-state index contributed by atoms with van der Waals surface area (Å²) in [5.74, 6) is -3.22. The molecule has 48 heavy (non-hydrogen) atoms. The van der Waals surface area contributed by atoms with Crippen LogP contribution in [0.15, 0.2) is 51.7 Å². The fraction of sp³-hybridized carbons (Fsp3) is 0.400. The van der Waals surface area contributed by atoms with E-state index >= 15 is 4.39 Å². The largest absolute Gasteiger partial charge is 0.495 e. The number of aldehydes is 1. The number of anilines is 2. The van der Waals surface area contributed by atoms with E-state index in [1.165, 1.54) is 6.07 Å². The molecular formula is C35H36BClF3N3O5. The Morgan fingerprint density at radius 1 is 1.04 bits per heavy atom. The maximum Gasteiger partial charge on any atom is 0.495 e. The summed E-state index contributed by atoms with van der Waals surface area (Å²) < 4.78 is 61.4. The lowest BCUT2D eigenvalue weighted by atomic mass is 9.75. The number of pyridine rings is 1. The summed E-state index contributed by atoms with van der Waals surface area (Å²) in [7, 11) is -0.750. The molecule has 4 heterocycles. The monoisotopic (exact) mass is 681 g/mol. The Bertz CT molecular complexity index is 1960. The van der Waals surface area contributed by atoms with Crippen molar-refractivity contribution in [2.75, 3.05) is 23.3 Å². The smallest absolute Gasteiger partial charge is 0.440 e. The van der Waals surface area contributed by atoms with Gasteiger partial charge < -0.3 is 23.9 Å². The molecule has 0 amide bonds. The molecule has 0 bridgehead atoms. The molecule has 13 heteroatoms. The average molecular weight is 682 g/mol. The molecule has 6 rings (SSSR count). The van der Waals surface area contributed by atoms with Gasteiger partial charge in [-0.15, -0.1) is 0 Å². The van der Waals surface area contributed by atoms with Crippen molar-refractivity contribution in [3.8, 4) is 11.3 Å². The van der Waals surface area contributed by atoms with Crippen LogP contribution in [-0.2, 0) is 9.31 Å². The molecule has 8 nitrogen and oxygen atoms in total. The number of rotatable bonds is 7. The van der Waals surface area contributed by atoms with Gasteiger partial charge in [-0.3, -0.25) is 9.59 Å². The highest BCUT2D eigenvalue weighted by atomic mass is 35.5. The summed E-state index contributed by atoms with van der Waals surface area (Å²) in [6.45, 7) is 11.1. The lowest BCUT2D eigenvalue weighted by Gasteiger charge is -2.33. The predicted octanol–water partition coefficient (Wildman–Crippen LogP) is 7.48. The van der Waals surface area contributed by atoms with Gasteiger partial charge in [0.1, 0.15) is 22.8 Å². The van der Waals surface area contributed by atoms with Crippen molar-refractivity contribution in [1.29, 1.82) is 0 Å². The molecule has 0 aliphatic carbocycles. The van der Waals surface area contributed by atoms with Gasteiger partial charge in [-0.1, -0.05) is 23.7 Å². The summed E-state index contributed by atoms with van der Waals surface area (Å²) in [4.78, 5) is 31.9. The normalized spacial score (nSPS) is 19.0. The quantitative estimate of drug-likeness (QED) is 0.122. The van der Waals surface area contributed by atoms with Gasteiger partial charge in [0.2, 0.25) is 5.88 Å². The summed E-state index contributed by atoms with van der Waals surface area (Å²) >= 11 is 6.33. The van der Waals surface area contributed by atoms with E-state index in [1.54, 1.807) is 49.1 Å². The Balaban J connectivity index is 1.37. The van der Waals surface area contributed by atoms with Gasteiger partial charge >= 0.3 is 7.12 Å². The zero-order valence-corrected chi connectivity index (χ0v) is 28.3. The number of benzene rings is 2. The molecular weight excluding hydrogens is 646 g/mol. The van der Waals surface area contributed by atoms with E-state index in [9.17, 15) is 18.4 Å². The second kappa shape index (κ2) is 12.2. The van der Waals surface area contributed by atoms with Gasteiger partial charge in [0, 0.05) is 42.6 Å². The predicted molar refractivity (Wildman–Crippen MR) is 181 cm³/mol. The van der Waals surface area contributed by atoms with Crippen LogP contribution in [0.4, 0.5) is 24.7 Å². The summed E-state index contributed by atoms with van der Waals surface area (Å²) in [6, 6.07) is 10.3. The second-order valence-electron chi connectivity index (χ2n) is 13.5. The van der Waals surface area contributed by atoms with Gasteiger partial charge in [0.15, 0.2) is 5.43 Å². The molecule has 0 radical (unpaired) electrons. The van der Waals surface area contributed by atoms with E-state index in [-0.39, 0.29) is 53.5 Å². The third kappa shape index (κ3) is 6.21. The topological polar surface area (TPSA) is 93.9 Å². The molecule has 2 aliphatic heterocycles. The summed E-state index contributed by atoms with van der Waals surface area (Å²) in [6.07, 6.45) is 0.00453. The van der Waals surface area contributed by atoms with E-state index in [2.05, 4.69) is 10.3 Å². The molecule has 1 unspecified atom stereocenters. The van der Waals surface area contributed by atoms with Gasteiger partial charge in [-0.25, -0.2) is 18.2 Å². The number of nitrogens with one attached hydrogen (secondary N) is 1. The minimum Gasteiger partial charge on any atom is -0.440 e. The van der Waals surface area contributed by atoms with E-state index < -0.39 is 41.5 Å². The second-order valence-corrected chi connectivity index (χ2v) is 13.9.